The van der Waals surface area contributed by atoms with E-state index >= 15 is 0 Å². The van der Waals surface area contributed by atoms with E-state index < -0.39 is 91.5 Å². The molecule has 0 saturated carbocycles. The number of rotatable bonds is 67. The number of phosphoric ester groups is 2. The molecule has 0 aromatic rings. The Morgan fingerprint density at radius 3 is 0.989 bits per heavy atom. The molecule has 0 aliphatic heterocycles. The average molecular weight is 1300 g/mol. The van der Waals surface area contributed by atoms with Crippen molar-refractivity contribution in [3.05, 3.63) is 72.9 Å². The first-order chi connectivity index (χ1) is 43.2. The molecule has 5 atom stereocenters. The van der Waals surface area contributed by atoms with Crippen molar-refractivity contribution in [2.24, 2.45) is 0 Å². The zero-order valence-electron chi connectivity index (χ0n) is 56.1. The molecule has 0 aliphatic rings. The van der Waals surface area contributed by atoms with Crippen LogP contribution in [0.4, 0.5) is 0 Å². The first-order valence-electron chi connectivity index (χ1n) is 35.2. The average Bonchev–Trinajstić information content (AvgIpc) is 3.56. The van der Waals surface area contributed by atoms with Gasteiger partial charge in [-0.05, 0) is 83.5 Å². The van der Waals surface area contributed by atoms with Crippen molar-refractivity contribution in [2.75, 3.05) is 39.6 Å². The van der Waals surface area contributed by atoms with E-state index in [0.717, 1.165) is 116 Å². The standard InChI is InChI=1S/C71H128O16P2/c1-4-7-10-13-16-19-22-24-26-27-28-29-30-31-32-33-34-35-36-37-39-41-43-45-48-51-54-57-69(74)81-60-66(72)61-83-88(77,78)84-62-67(73)63-85-89(79,80)86-65-68(87-71(76)59-56-53-50-47-42-21-18-15-12-9-6-3)64-82-70(75)58-55-52-49-46-44-40-38-25-23-20-17-14-11-8-5-2/h7,10,15-16,18-19,24,26,28-29,31-32,66-68,72-73H,4-6,8-9,11-14,17,20-23,25,27,30,33-65H2,1-3H3,(H,77,78)(H,79,80)/b10-7-,18-15-,19-16-,26-24-,29-28-,32-31-. The van der Waals surface area contributed by atoms with Gasteiger partial charge in [0.1, 0.15) is 25.4 Å². The van der Waals surface area contributed by atoms with E-state index in [-0.39, 0.29) is 19.3 Å². The predicted octanol–water partition coefficient (Wildman–Crippen LogP) is 19.5. The first-order valence-corrected chi connectivity index (χ1v) is 38.2. The largest absolute Gasteiger partial charge is 0.472 e. The molecule has 518 valence electrons. The van der Waals surface area contributed by atoms with Crippen molar-refractivity contribution in [2.45, 2.75) is 322 Å². The molecular weight excluding hydrogens is 1170 g/mol. The Labute approximate surface area is 541 Å². The van der Waals surface area contributed by atoms with Crippen LogP contribution in [0.5, 0.6) is 0 Å². The smallest absolute Gasteiger partial charge is 0.463 e. The summed E-state index contributed by atoms with van der Waals surface area (Å²) in [5.74, 6) is -1.57. The zero-order valence-corrected chi connectivity index (χ0v) is 57.9. The molecule has 0 aromatic heterocycles. The predicted molar refractivity (Wildman–Crippen MR) is 362 cm³/mol. The Morgan fingerprint density at radius 1 is 0.326 bits per heavy atom. The minimum atomic E-state index is -4.91. The second kappa shape index (κ2) is 65.1. The maximum absolute atomic E-state index is 12.9. The Balaban J connectivity index is 4.43. The molecule has 0 heterocycles. The quantitative estimate of drug-likeness (QED) is 0.0146. The van der Waals surface area contributed by atoms with E-state index in [1.54, 1.807) is 0 Å². The lowest BCUT2D eigenvalue weighted by Gasteiger charge is -2.21. The van der Waals surface area contributed by atoms with Crippen molar-refractivity contribution in [1.82, 2.24) is 0 Å². The normalized spacial score (nSPS) is 14.6. The highest BCUT2D eigenvalue weighted by molar-refractivity contribution is 7.47. The van der Waals surface area contributed by atoms with Crippen LogP contribution < -0.4 is 0 Å². The van der Waals surface area contributed by atoms with Crippen LogP contribution in [-0.4, -0.2) is 95.9 Å². The van der Waals surface area contributed by atoms with Gasteiger partial charge in [0, 0.05) is 19.3 Å². The van der Waals surface area contributed by atoms with Crippen LogP contribution in [0.25, 0.3) is 0 Å². The van der Waals surface area contributed by atoms with E-state index in [2.05, 4.69) is 93.7 Å². The number of unbranched alkanes of at least 4 members (excludes halogenated alkanes) is 32. The summed E-state index contributed by atoms with van der Waals surface area (Å²) >= 11 is 0. The molecule has 5 unspecified atom stereocenters. The second-order valence-corrected chi connectivity index (χ2v) is 26.6. The Kier molecular flexibility index (Phi) is 62.9. The minimum absolute atomic E-state index is 0.0985. The van der Waals surface area contributed by atoms with Crippen molar-refractivity contribution < 1.29 is 75.8 Å². The van der Waals surface area contributed by atoms with Crippen LogP contribution in [0.15, 0.2) is 72.9 Å². The number of allylic oxidation sites excluding steroid dienone is 12. The number of hydrogen-bond acceptors (Lipinski definition) is 14. The molecule has 0 radical (unpaired) electrons. The van der Waals surface area contributed by atoms with Gasteiger partial charge in [-0.25, -0.2) is 9.13 Å². The van der Waals surface area contributed by atoms with Gasteiger partial charge in [-0.15, -0.1) is 0 Å². The molecule has 18 heteroatoms. The van der Waals surface area contributed by atoms with E-state index in [1.165, 1.54) is 128 Å². The molecular formula is C71H128O16P2. The van der Waals surface area contributed by atoms with Crippen LogP contribution in [0.3, 0.4) is 0 Å². The van der Waals surface area contributed by atoms with Crippen LogP contribution in [0.1, 0.15) is 303 Å². The number of hydrogen-bond donors (Lipinski definition) is 4. The summed E-state index contributed by atoms with van der Waals surface area (Å²) < 4.78 is 60.8. The molecule has 89 heavy (non-hydrogen) atoms. The number of aliphatic hydroxyl groups excluding tert-OH is 2. The van der Waals surface area contributed by atoms with Gasteiger partial charge >= 0.3 is 33.6 Å². The van der Waals surface area contributed by atoms with Crippen molar-refractivity contribution in [1.29, 1.82) is 0 Å². The van der Waals surface area contributed by atoms with Crippen molar-refractivity contribution in [3.8, 4) is 0 Å². The highest BCUT2D eigenvalue weighted by Crippen LogP contribution is 2.45. The third-order valence-corrected chi connectivity index (χ3v) is 16.8. The van der Waals surface area contributed by atoms with E-state index in [0.29, 0.717) is 19.3 Å². The number of ether oxygens (including phenoxy) is 3. The lowest BCUT2D eigenvalue weighted by Crippen LogP contribution is -2.30. The Morgan fingerprint density at radius 2 is 0.607 bits per heavy atom. The molecule has 0 amide bonds. The van der Waals surface area contributed by atoms with Crippen molar-refractivity contribution in [3.63, 3.8) is 0 Å². The molecule has 0 saturated heterocycles. The summed E-state index contributed by atoms with van der Waals surface area (Å²) in [6.45, 7) is 2.53. The highest BCUT2D eigenvalue weighted by atomic mass is 31.2. The van der Waals surface area contributed by atoms with E-state index in [4.69, 9.17) is 32.3 Å². The highest BCUT2D eigenvalue weighted by Gasteiger charge is 2.29. The maximum Gasteiger partial charge on any atom is 0.472 e. The molecule has 0 rings (SSSR count). The van der Waals surface area contributed by atoms with Gasteiger partial charge in [-0.1, -0.05) is 273 Å². The van der Waals surface area contributed by atoms with E-state index in [9.17, 15) is 43.5 Å². The lowest BCUT2D eigenvalue weighted by molar-refractivity contribution is -0.161. The van der Waals surface area contributed by atoms with Crippen molar-refractivity contribution >= 4 is 33.6 Å². The van der Waals surface area contributed by atoms with Gasteiger partial charge in [0.25, 0.3) is 0 Å². The molecule has 16 nitrogen and oxygen atoms in total. The summed E-state index contributed by atoms with van der Waals surface area (Å²) in [5, 5.41) is 20.5. The molecule has 0 fully saturated rings. The first kappa shape index (κ1) is 86.0. The SMILES string of the molecule is CC/C=C\C/C=C\C/C=C\C/C=C\C/C=C\CCCCCCCCCCCCCC(=O)OCC(O)COP(=O)(O)OCC(O)COP(=O)(O)OCC(COC(=O)CCCCCCCCCCCCCCCCC)OC(=O)CCCCCCC/C=C\CCCC. The molecule has 0 aliphatic carbocycles. The van der Waals surface area contributed by atoms with Crippen LogP contribution in [0, 0.1) is 0 Å². The third kappa shape index (κ3) is 66.3. The monoisotopic (exact) mass is 1300 g/mol. The van der Waals surface area contributed by atoms with E-state index in [1.807, 2.05) is 0 Å². The molecule has 4 N–H and O–H groups in total. The molecule has 0 bridgehead atoms. The van der Waals surface area contributed by atoms with Gasteiger partial charge < -0.3 is 34.2 Å². The number of phosphoric acid groups is 2. The number of aliphatic hydroxyl groups is 2. The third-order valence-electron chi connectivity index (χ3n) is 14.9. The lowest BCUT2D eigenvalue weighted by atomic mass is 10.0. The zero-order chi connectivity index (χ0) is 65.3. The van der Waals surface area contributed by atoms with Gasteiger partial charge in [-0.2, -0.15) is 0 Å². The number of esters is 3. The van der Waals surface area contributed by atoms with Gasteiger partial charge in [0.15, 0.2) is 6.10 Å². The van der Waals surface area contributed by atoms with Gasteiger partial charge in [-0.3, -0.25) is 32.5 Å². The Hall–Kier alpha value is -3.01. The summed E-state index contributed by atoms with van der Waals surface area (Å²) in [6.07, 6.45) is 68.3. The fourth-order valence-electron chi connectivity index (χ4n) is 9.52. The van der Waals surface area contributed by atoms with Gasteiger partial charge in [0.2, 0.25) is 0 Å². The van der Waals surface area contributed by atoms with Crippen LogP contribution in [-0.2, 0) is 55.8 Å². The molecule has 0 spiro atoms. The summed E-state index contributed by atoms with van der Waals surface area (Å²) in [7, 11) is -9.76. The summed E-state index contributed by atoms with van der Waals surface area (Å²) in [6, 6.07) is 0. The summed E-state index contributed by atoms with van der Waals surface area (Å²) in [5.41, 5.74) is 0. The number of carbonyl (C=O) groups excluding carboxylic acids is 3. The van der Waals surface area contributed by atoms with Gasteiger partial charge in [0.05, 0.1) is 26.4 Å². The summed E-state index contributed by atoms with van der Waals surface area (Å²) in [4.78, 5) is 58.3. The van der Waals surface area contributed by atoms with Crippen LogP contribution in [0.2, 0.25) is 0 Å². The fraction of sp³-hybridized carbons (Fsp3) is 0.789. The van der Waals surface area contributed by atoms with Crippen LogP contribution >= 0.6 is 15.6 Å². The fourth-order valence-corrected chi connectivity index (χ4v) is 11.1. The maximum atomic E-state index is 12.9. The number of carbonyl (C=O) groups is 3. The topological polar surface area (TPSA) is 231 Å². The second-order valence-electron chi connectivity index (χ2n) is 23.7. The Bertz CT molecular complexity index is 1920. The molecule has 0 aromatic carbocycles. The minimum Gasteiger partial charge on any atom is -0.463 e.